The summed E-state index contributed by atoms with van der Waals surface area (Å²) in [5.74, 6) is 50.3. The minimum Gasteiger partial charge on any atom is -0.462 e. The monoisotopic (exact) mass is 1060 g/mol. The molecular formula is C78H62O2Si. The Labute approximate surface area is 482 Å². The van der Waals surface area contributed by atoms with Crippen LogP contribution in [0, 0.1) is 106 Å². The Kier molecular flexibility index (Phi) is 20.5. The van der Waals surface area contributed by atoms with Crippen LogP contribution in [0.3, 0.4) is 0 Å². The van der Waals surface area contributed by atoms with E-state index in [1.807, 2.05) is 182 Å². The quantitative estimate of drug-likeness (QED) is 0.0861. The van der Waals surface area contributed by atoms with Crippen molar-refractivity contribution < 1.29 is 9.53 Å². The zero-order chi connectivity index (χ0) is 56.7. The van der Waals surface area contributed by atoms with E-state index >= 15 is 0 Å². The lowest BCUT2D eigenvalue weighted by molar-refractivity contribution is 0.0483. The maximum atomic E-state index is 12.8. The molecule has 0 saturated carbocycles. The molecule has 8 rings (SSSR count). The van der Waals surface area contributed by atoms with Crippen LogP contribution in [0.4, 0.5) is 0 Å². The third kappa shape index (κ3) is 20.0. The number of esters is 1. The van der Waals surface area contributed by atoms with Crippen LogP contribution in [0.2, 0.25) is 19.6 Å². The van der Waals surface area contributed by atoms with Gasteiger partial charge >= 0.3 is 5.97 Å². The zero-order valence-corrected chi connectivity index (χ0v) is 48.0. The molecule has 0 heterocycles. The Bertz CT molecular complexity index is 4120. The number of carbonyl (C=O) groups is 1. The molecule has 0 radical (unpaired) electrons. The standard InChI is InChI=1S/C78H62O2Si/c1-60(2)16-7-17-61(3)48-50-80-78(79)77-33-15-32-75(59-77)47-46-73-29-13-28-71(57-73)43-42-69-25-11-24-67(55-69)39-38-65-21-9-20-63(53-65)35-34-62-18-8-19-64(52-62)36-37-66-22-10-23-68(54-66)40-41-70-26-12-27-72(56-70)44-45-74-30-14-31-76(58-74)49-51-81(4,5)6/h8-15,18-33,52-61H,7,16-17,48,50H2,1-6H3/t61-/m0/s1. The number of benzene rings is 8. The molecule has 81 heavy (non-hydrogen) atoms. The fourth-order valence-electron chi connectivity index (χ4n) is 8.17. The lowest BCUT2D eigenvalue weighted by Crippen LogP contribution is -2.16. The van der Waals surface area contributed by atoms with Crippen LogP contribution in [0.1, 0.15) is 140 Å². The van der Waals surface area contributed by atoms with Crippen LogP contribution < -0.4 is 0 Å². The van der Waals surface area contributed by atoms with Crippen LogP contribution in [0.15, 0.2) is 194 Å². The summed E-state index contributed by atoms with van der Waals surface area (Å²) in [5, 5.41) is 0. The van der Waals surface area contributed by atoms with Crippen molar-refractivity contribution in [3.8, 4) is 94.4 Å². The number of carbonyl (C=O) groups excluding carboxylic acids is 1. The summed E-state index contributed by atoms with van der Waals surface area (Å²) in [5.41, 5.74) is 17.0. The van der Waals surface area contributed by atoms with Gasteiger partial charge in [-0.15, -0.1) is 5.54 Å². The molecule has 8 aromatic rings. The number of ether oxygens (including phenoxy) is 1. The van der Waals surface area contributed by atoms with Crippen molar-refractivity contribution in [1.29, 1.82) is 0 Å². The van der Waals surface area contributed by atoms with E-state index < -0.39 is 8.07 Å². The van der Waals surface area contributed by atoms with Gasteiger partial charge in [0.2, 0.25) is 0 Å². The summed E-state index contributed by atoms with van der Waals surface area (Å²) in [6, 6.07) is 63.1. The largest absolute Gasteiger partial charge is 0.462 e. The Balaban J connectivity index is 0.849. The van der Waals surface area contributed by atoms with Crippen LogP contribution in [-0.4, -0.2) is 20.7 Å². The Morgan fingerprint density at radius 3 is 0.852 bits per heavy atom. The molecule has 0 aliphatic rings. The van der Waals surface area contributed by atoms with Gasteiger partial charge in [-0.25, -0.2) is 4.79 Å². The molecule has 0 unspecified atom stereocenters. The molecule has 1 atom stereocenters. The van der Waals surface area contributed by atoms with Crippen molar-refractivity contribution in [1.82, 2.24) is 0 Å². The van der Waals surface area contributed by atoms with E-state index in [9.17, 15) is 4.79 Å². The van der Waals surface area contributed by atoms with E-state index in [1.54, 1.807) is 12.1 Å². The van der Waals surface area contributed by atoms with Crippen molar-refractivity contribution in [2.24, 2.45) is 11.8 Å². The molecule has 390 valence electrons. The topological polar surface area (TPSA) is 26.3 Å². The van der Waals surface area contributed by atoms with Gasteiger partial charge in [0, 0.05) is 83.5 Å². The molecule has 0 aliphatic heterocycles. The first kappa shape index (κ1) is 57.1. The van der Waals surface area contributed by atoms with Crippen molar-refractivity contribution in [2.45, 2.75) is 66.1 Å². The smallest absolute Gasteiger partial charge is 0.338 e. The van der Waals surface area contributed by atoms with Gasteiger partial charge in [0.25, 0.3) is 0 Å². The van der Waals surface area contributed by atoms with E-state index in [-0.39, 0.29) is 5.97 Å². The van der Waals surface area contributed by atoms with Gasteiger partial charge in [-0.1, -0.05) is 197 Å². The molecule has 0 fully saturated rings. The Hall–Kier alpha value is -10.1. The second-order valence-electron chi connectivity index (χ2n) is 21.3. The third-order valence-electron chi connectivity index (χ3n) is 12.5. The molecule has 0 aliphatic carbocycles. The van der Waals surface area contributed by atoms with Gasteiger partial charge in [-0.3, -0.25) is 0 Å². The summed E-state index contributed by atoms with van der Waals surface area (Å²) in [7, 11) is -1.46. The SMILES string of the molecule is CC(C)CCC[C@H](C)CCOC(=O)c1cccc(C#Cc2cccc(C#Cc3cccc(C#Cc4cccc(C#Cc5cccc(C#Cc6cccc(C#Cc7cccc(C#Cc8cccc(C#C[Si](C)(C)C)c8)c7)c6)c5)c4)c3)c2)c1. The average Bonchev–Trinajstić information content (AvgIpc) is 3.48. The van der Waals surface area contributed by atoms with Crippen LogP contribution in [-0.2, 0) is 4.74 Å². The lowest BCUT2D eigenvalue weighted by atomic mass is 9.98. The summed E-state index contributed by atoms with van der Waals surface area (Å²) in [4.78, 5) is 12.8. The van der Waals surface area contributed by atoms with Crippen molar-refractivity contribution >= 4 is 14.0 Å². The first-order valence-electron chi connectivity index (χ1n) is 27.5. The number of hydrogen-bond donors (Lipinski definition) is 0. The number of rotatable bonds is 8. The average molecular weight is 1060 g/mol. The molecule has 0 saturated heterocycles. The predicted molar refractivity (Wildman–Crippen MR) is 336 cm³/mol. The van der Waals surface area contributed by atoms with Crippen molar-refractivity contribution in [2.75, 3.05) is 6.61 Å². The minimum atomic E-state index is -1.46. The second-order valence-corrected chi connectivity index (χ2v) is 26.0. The van der Waals surface area contributed by atoms with E-state index in [4.69, 9.17) is 4.74 Å². The van der Waals surface area contributed by atoms with E-state index in [0.717, 1.165) is 96.3 Å². The first-order chi connectivity index (χ1) is 39.3. The lowest BCUT2D eigenvalue weighted by Gasteiger charge is -2.12. The summed E-state index contributed by atoms with van der Waals surface area (Å²) in [6.07, 6.45) is 4.46. The highest BCUT2D eigenvalue weighted by atomic mass is 28.3. The number of hydrogen-bond acceptors (Lipinski definition) is 2. The van der Waals surface area contributed by atoms with Gasteiger partial charge in [0.1, 0.15) is 8.07 Å². The first-order valence-corrected chi connectivity index (χ1v) is 31.0. The maximum absolute atomic E-state index is 12.8. The molecular weight excluding hydrogens is 997 g/mol. The zero-order valence-electron chi connectivity index (χ0n) is 47.0. The fraction of sp³-hybridized carbons (Fsp3) is 0.167. The predicted octanol–water partition coefficient (Wildman–Crippen LogP) is 15.7. The Morgan fingerprint density at radius 2 is 0.593 bits per heavy atom. The molecule has 0 spiro atoms. The molecule has 3 heteroatoms. The minimum absolute atomic E-state index is 0.316. The molecule has 0 aromatic heterocycles. The van der Waals surface area contributed by atoms with Gasteiger partial charge in [-0.2, -0.15) is 0 Å². The van der Waals surface area contributed by atoms with Gasteiger partial charge in [0.05, 0.1) is 12.2 Å². The van der Waals surface area contributed by atoms with Crippen molar-refractivity contribution in [3.63, 3.8) is 0 Å². The highest BCUT2D eigenvalue weighted by Gasteiger charge is 2.10. The van der Waals surface area contributed by atoms with Crippen molar-refractivity contribution in [3.05, 3.63) is 283 Å². The highest BCUT2D eigenvalue weighted by Crippen LogP contribution is 2.17. The molecule has 0 bridgehead atoms. The molecule has 0 amide bonds. The second kappa shape index (κ2) is 29.1. The Morgan fingerprint density at radius 1 is 0.346 bits per heavy atom. The summed E-state index contributed by atoms with van der Waals surface area (Å²) < 4.78 is 5.61. The fourth-order valence-corrected chi connectivity index (χ4v) is 8.69. The van der Waals surface area contributed by atoms with Gasteiger partial charge < -0.3 is 4.74 Å². The van der Waals surface area contributed by atoms with E-state index in [0.29, 0.717) is 24.0 Å². The van der Waals surface area contributed by atoms with Gasteiger partial charge in [-0.05, 0) is 164 Å². The van der Waals surface area contributed by atoms with Crippen LogP contribution in [0.25, 0.3) is 0 Å². The highest BCUT2D eigenvalue weighted by molar-refractivity contribution is 6.83. The van der Waals surface area contributed by atoms with Crippen LogP contribution >= 0.6 is 0 Å². The van der Waals surface area contributed by atoms with E-state index in [1.165, 1.54) is 12.8 Å². The molecule has 8 aromatic carbocycles. The normalized spacial score (nSPS) is 10.4. The van der Waals surface area contributed by atoms with Crippen LogP contribution in [0.5, 0.6) is 0 Å². The summed E-state index contributed by atoms with van der Waals surface area (Å²) in [6.45, 7) is 13.9. The molecule has 0 N–H and O–H groups in total. The third-order valence-corrected chi connectivity index (χ3v) is 13.4. The van der Waals surface area contributed by atoms with Gasteiger partial charge in [0.15, 0.2) is 0 Å². The van der Waals surface area contributed by atoms with E-state index in [2.05, 4.69) is 135 Å². The summed E-state index contributed by atoms with van der Waals surface area (Å²) >= 11 is 0. The maximum Gasteiger partial charge on any atom is 0.338 e. The molecule has 2 nitrogen and oxygen atoms in total.